The van der Waals surface area contributed by atoms with Gasteiger partial charge in [0.2, 0.25) is 0 Å². The van der Waals surface area contributed by atoms with Crippen LogP contribution in [0.5, 0.6) is 0 Å². The first-order valence-corrected chi connectivity index (χ1v) is 5.08. The van der Waals surface area contributed by atoms with Gasteiger partial charge in [-0.2, -0.15) is 0 Å². The maximum atomic E-state index is 13.5. The molecule has 0 aliphatic carbocycles. The average molecular weight is 270 g/mol. The Labute approximate surface area is 104 Å². The molecule has 0 saturated carbocycles. The van der Waals surface area contributed by atoms with E-state index in [-0.39, 0.29) is 11.1 Å². The van der Waals surface area contributed by atoms with Gasteiger partial charge in [0, 0.05) is 5.56 Å². The van der Waals surface area contributed by atoms with E-state index in [1.165, 1.54) is 0 Å². The zero-order valence-electron chi connectivity index (χ0n) is 9.25. The molecule has 2 aromatic carbocycles. The minimum absolute atomic E-state index is 0.0600. The van der Waals surface area contributed by atoms with Crippen LogP contribution >= 0.6 is 0 Å². The zero-order valence-corrected chi connectivity index (χ0v) is 9.25. The molecule has 0 aliphatic rings. The van der Waals surface area contributed by atoms with E-state index in [0.717, 1.165) is 24.3 Å². The number of rotatable bonds is 2. The molecule has 19 heavy (non-hydrogen) atoms. The lowest BCUT2D eigenvalue weighted by Crippen LogP contribution is -2.01. The lowest BCUT2D eigenvalue weighted by molar-refractivity contribution is 0.0692. The van der Waals surface area contributed by atoms with Crippen molar-refractivity contribution in [3.05, 3.63) is 59.2 Å². The summed E-state index contributed by atoms with van der Waals surface area (Å²) in [5, 5.41) is 8.74. The third-order valence-corrected chi connectivity index (χ3v) is 2.54. The predicted molar refractivity (Wildman–Crippen MR) is 58.7 cm³/mol. The molecule has 0 aliphatic heterocycles. The number of carbonyl (C=O) groups is 1. The van der Waals surface area contributed by atoms with Crippen LogP contribution in [0.25, 0.3) is 11.1 Å². The second-order valence-electron chi connectivity index (χ2n) is 3.72. The molecule has 0 aromatic heterocycles. The number of hydrogen-bond acceptors (Lipinski definition) is 1. The number of hydrogen-bond donors (Lipinski definition) is 1. The van der Waals surface area contributed by atoms with E-state index in [4.69, 9.17) is 5.11 Å². The van der Waals surface area contributed by atoms with E-state index < -0.39 is 34.8 Å². The summed E-state index contributed by atoms with van der Waals surface area (Å²) in [5.41, 5.74) is -1.08. The molecule has 0 fully saturated rings. The second kappa shape index (κ2) is 4.72. The Morgan fingerprint density at radius 3 is 2.16 bits per heavy atom. The lowest BCUT2D eigenvalue weighted by atomic mass is 10.0. The van der Waals surface area contributed by atoms with E-state index in [1.807, 2.05) is 0 Å². The number of carboxylic acid groups (broad SMARTS) is 1. The Hall–Kier alpha value is -2.37. The molecule has 0 bridgehead atoms. The summed E-state index contributed by atoms with van der Waals surface area (Å²) in [6.07, 6.45) is 0. The van der Waals surface area contributed by atoms with Crippen molar-refractivity contribution in [3.63, 3.8) is 0 Å². The van der Waals surface area contributed by atoms with Gasteiger partial charge in [-0.05, 0) is 29.8 Å². The summed E-state index contributed by atoms with van der Waals surface area (Å²) in [6.45, 7) is 0. The number of halogens is 4. The van der Waals surface area contributed by atoms with Crippen molar-refractivity contribution in [2.45, 2.75) is 0 Å². The zero-order chi connectivity index (χ0) is 14.2. The minimum Gasteiger partial charge on any atom is -0.478 e. The molecule has 0 unspecified atom stereocenters. The van der Waals surface area contributed by atoms with E-state index in [0.29, 0.717) is 6.07 Å². The molecule has 0 spiro atoms. The van der Waals surface area contributed by atoms with Crippen LogP contribution in [-0.4, -0.2) is 11.1 Å². The molecule has 98 valence electrons. The molecule has 0 heterocycles. The smallest absolute Gasteiger partial charge is 0.338 e. The lowest BCUT2D eigenvalue weighted by Gasteiger charge is -2.06. The van der Waals surface area contributed by atoms with Crippen molar-refractivity contribution >= 4 is 5.97 Å². The Kier molecular flexibility index (Phi) is 3.25. The Bertz CT molecular complexity index is 668. The molecule has 0 amide bonds. The maximum absolute atomic E-state index is 13.5. The summed E-state index contributed by atoms with van der Waals surface area (Å²) in [5.74, 6) is -7.02. The molecule has 2 aromatic rings. The summed E-state index contributed by atoms with van der Waals surface area (Å²) in [6, 6.07) is 4.41. The standard InChI is InChI=1S/C13H6F4O2/c14-9-3-1-6(5-8(9)13(18)19)7-2-4-10(15)12(17)11(7)16/h1-5H,(H,18,19). The van der Waals surface area contributed by atoms with Crippen molar-refractivity contribution in [3.8, 4) is 11.1 Å². The third kappa shape index (κ3) is 2.29. The number of benzene rings is 2. The first-order chi connectivity index (χ1) is 8.91. The van der Waals surface area contributed by atoms with E-state index >= 15 is 0 Å². The van der Waals surface area contributed by atoms with Gasteiger partial charge in [0.25, 0.3) is 0 Å². The normalized spacial score (nSPS) is 10.5. The highest BCUT2D eigenvalue weighted by atomic mass is 19.2. The fourth-order valence-electron chi connectivity index (χ4n) is 1.61. The fraction of sp³-hybridized carbons (Fsp3) is 0. The van der Waals surface area contributed by atoms with Crippen molar-refractivity contribution in [2.75, 3.05) is 0 Å². The maximum Gasteiger partial charge on any atom is 0.338 e. The highest BCUT2D eigenvalue weighted by molar-refractivity contribution is 5.89. The van der Waals surface area contributed by atoms with E-state index in [9.17, 15) is 22.4 Å². The molecular formula is C13H6F4O2. The quantitative estimate of drug-likeness (QED) is 0.668. The van der Waals surface area contributed by atoms with Gasteiger partial charge in [-0.3, -0.25) is 0 Å². The highest BCUT2D eigenvalue weighted by Gasteiger charge is 2.17. The summed E-state index contributed by atoms with van der Waals surface area (Å²) >= 11 is 0. The molecule has 2 nitrogen and oxygen atoms in total. The minimum atomic E-state index is -1.67. The van der Waals surface area contributed by atoms with Gasteiger partial charge in [-0.1, -0.05) is 6.07 Å². The fourth-order valence-corrected chi connectivity index (χ4v) is 1.61. The van der Waals surface area contributed by atoms with Crippen molar-refractivity contribution in [1.29, 1.82) is 0 Å². The van der Waals surface area contributed by atoms with Gasteiger partial charge < -0.3 is 5.11 Å². The van der Waals surface area contributed by atoms with Crippen LogP contribution in [0.1, 0.15) is 10.4 Å². The van der Waals surface area contributed by atoms with Crippen molar-refractivity contribution < 1.29 is 27.5 Å². The topological polar surface area (TPSA) is 37.3 Å². The molecule has 0 radical (unpaired) electrons. The third-order valence-electron chi connectivity index (χ3n) is 2.54. The van der Waals surface area contributed by atoms with Crippen LogP contribution in [0.15, 0.2) is 30.3 Å². The molecular weight excluding hydrogens is 264 g/mol. The van der Waals surface area contributed by atoms with Gasteiger partial charge in [-0.15, -0.1) is 0 Å². The Balaban J connectivity index is 2.63. The molecule has 0 saturated heterocycles. The van der Waals surface area contributed by atoms with E-state index in [1.54, 1.807) is 0 Å². The van der Waals surface area contributed by atoms with Crippen molar-refractivity contribution in [2.24, 2.45) is 0 Å². The van der Waals surface area contributed by atoms with Gasteiger partial charge in [0.1, 0.15) is 5.82 Å². The monoisotopic (exact) mass is 270 g/mol. The van der Waals surface area contributed by atoms with Crippen LogP contribution in [0.4, 0.5) is 17.6 Å². The first-order valence-electron chi connectivity index (χ1n) is 5.08. The molecule has 2 rings (SSSR count). The predicted octanol–water partition coefficient (Wildman–Crippen LogP) is 3.61. The van der Waals surface area contributed by atoms with Crippen LogP contribution in [0.3, 0.4) is 0 Å². The molecule has 1 N–H and O–H groups in total. The van der Waals surface area contributed by atoms with Crippen LogP contribution in [0.2, 0.25) is 0 Å². The largest absolute Gasteiger partial charge is 0.478 e. The Morgan fingerprint density at radius 1 is 0.895 bits per heavy atom. The van der Waals surface area contributed by atoms with Gasteiger partial charge in [0.15, 0.2) is 17.5 Å². The highest BCUT2D eigenvalue weighted by Crippen LogP contribution is 2.27. The van der Waals surface area contributed by atoms with Crippen molar-refractivity contribution in [1.82, 2.24) is 0 Å². The van der Waals surface area contributed by atoms with Gasteiger partial charge >= 0.3 is 5.97 Å². The van der Waals surface area contributed by atoms with Crippen LogP contribution < -0.4 is 0 Å². The second-order valence-corrected chi connectivity index (χ2v) is 3.72. The number of carboxylic acids is 1. The molecule has 6 heteroatoms. The number of aromatic carboxylic acids is 1. The van der Waals surface area contributed by atoms with E-state index in [2.05, 4.69) is 0 Å². The van der Waals surface area contributed by atoms with Gasteiger partial charge in [0.05, 0.1) is 5.56 Å². The van der Waals surface area contributed by atoms with Crippen LogP contribution in [-0.2, 0) is 0 Å². The SMILES string of the molecule is O=C(O)c1cc(-c2ccc(F)c(F)c2F)ccc1F. The summed E-state index contributed by atoms with van der Waals surface area (Å²) in [4.78, 5) is 10.7. The Morgan fingerprint density at radius 2 is 1.53 bits per heavy atom. The van der Waals surface area contributed by atoms with Crippen LogP contribution in [0, 0.1) is 23.3 Å². The average Bonchev–Trinajstić information content (AvgIpc) is 2.37. The first kappa shape index (κ1) is 13.1. The summed E-state index contributed by atoms with van der Waals surface area (Å²) in [7, 11) is 0. The summed E-state index contributed by atoms with van der Waals surface area (Å²) < 4.78 is 52.5. The molecule has 0 atom stereocenters. The van der Waals surface area contributed by atoms with Gasteiger partial charge in [-0.25, -0.2) is 22.4 Å².